The van der Waals surface area contributed by atoms with E-state index in [1.807, 2.05) is 44.1 Å². The van der Waals surface area contributed by atoms with Gasteiger partial charge >= 0.3 is 6.03 Å². The van der Waals surface area contributed by atoms with Crippen LogP contribution in [0.2, 0.25) is 0 Å². The van der Waals surface area contributed by atoms with Crippen LogP contribution in [0.15, 0.2) is 30.5 Å². The number of nitrogens with zero attached hydrogens (tertiary/aromatic N) is 3. The summed E-state index contributed by atoms with van der Waals surface area (Å²) in [6.07, 6.45) is 4.77. The van der Waals surface area contributed by atoms with Crippen molar-refractivity contribution in [3.8, 4) is 0 Å². The van der Waals surface area contributed by atoms with Crippen molar-refractivity contribution in [2.75, 3.05) is 24.3 Å². The smallest absolute Gasteiger partial charge is 0.319 e. The molecular weight excluding hydrogens is 302 g/mol. The molecule has 2 aromatic rings. The number of rotatable bonds is 3. The van der Waals surface area contributed by atoms with E-state index < -0.39 is 0 Å². The number of nitrogens with one attached hydrogen (secondary N) is 2. The second-order valence-electron chi connectivity index (χ2n) is 6.31. The van der Waals surface area contributed by atoms with Crippen LogP contribution < -0.4 is 15.5 Å². The van der Waals surface area contributed by atoms with Crippen LogP contribution >= 0.6 is 0 Å². The largest absolute Gasteiger partial charge is 0.361 e. The molecule has 0 radical (unpaired) electrons. The van der Waals surface area contributed by atoms with Gasteiger partial charge in [0.2, 0.25) is 0 Å². The van der Waals surface area contributed by atoms with Gasteiger partial charge in [-0.3, -0.25) is 4.98 Å². The minimum Gasteiger partial charge on any atom is -0.361 e. The van der Waals surface area contributed by atoms with Gasteiger partial charge in [0.15, 0.2) is 5.82 Å². The summed E-state index contributed by atoms with van der Waals surface area (Å²) < 4.78 is 0. The number of urea groups is 1. The normalized spacial score (nSPS) is 16.2. The molecule has 0 unspecified atom stereocenters. The van der Waals surface area contributed by atoms with Crippen LogP contribution in [0.4, 0.5) is 16.3 Å². The minimum absolute atomic E-state index is 0.0452. The van der Waals surface area contributed by atoms with Crippen LogP contribution in [0.3, 0.4) is 0 Å². The monoisotopic (exact) mass is 325 g/mol. The Morgan fingerprint density at radius 3 is 2.92 bits per heavy atom. The van der Waals surface area contributed by atoms with E-state index in [1.165, 1.54) is 5.56 Å². The van der Waals surface area contributed by atoms with E-state index in [1.54, 1.807) is 6.20 Å². The fourth-order valence-corrected chi connectivity index (χ4v) is 3.05. The predicted molar refractivity (Wildman–Crippen MR) is 95.4 cm³/mol. The third-order valence-electron chi connectivity index (χ3n) is 4.19. The summed E-state index contributed by atoms with van der Waals surface area (Å²) in [6, 6.07) is 7.53. The third-order valence-corrected chi connectivity index (χ3v) is 4.19. The average Bonchev–Trinajstić information content (AvgIpc) is 2.56. The molecule has 1 aliphatic carbocycles. The number of pyridine rings is 2. The van der Waals surface area contributed by atoms with Crippen LogP contribution in [0.25, 0.3) is 0 Å². The molecule has 0 aromatic carbocycles. The van der Waals surface area contributed by atoms with Gasteiger partial charge in [-0.15, -0.1) is 0 Å². The number of fused-ring (bicyclic) bond motifs is 1. The Hall–Kier alpha value is -2.63. The highest BCUT2D eigenvalue weighted by Crippen LogP contribution is 2.28. The van der Waals surface area contributed by atoms with E-state index in [4.69, 9.17) is 0 Å². The summed E-state index contributed by atoms with van der Waals surface area (Å²) in [5, 5.41) is 5.96. The quantitative estimate of drug-likeness (QED) is 0.910. The highest BCUT2D eigenvalue weighted by molar-refractivity contribution is 5.92. The molecule has 0 saturated carbocycles. The van der Waals surface area contributed by atoms with Gasteiger partial charge in [-0.1, -0.05) is 6.07 Å². The zero-order valence-corrected chi connectivity index (χ0v) is 14.3. The first-order chi connectivity index (χ1) is 11.5. The lowest BCUT2D eigenvalue weighted by atomic mass is 9.92. The molecule has 3 rings (SSSR count). The summed E-state index contributed by atoms with van der Waals surface area (Å²) in [5.41, 5.74) is 3.81. The summed E-state index contributed by atoms with van der Waals surface area (Å²) in [4.78, 5) is 23.3. The SMILES string of the molecule is Cc1ccc(NC(=O)N[C@H]2CCCc3cccnc32)c(N(C)C)n1. The number of amides is 2. The first-order valence-electron chi connectivity index (χ1n) is 8.21. The molecular formula is C18H23N5O. The van der Waals surface area contributed by atoms with E-state index in [0.717, 1.165) is 36.5 Å². The molecule has 2 N–H and O–H groups in total. The van der Waals surface area contributed by atoms with Gasteiger partial charge in [-0.25, -0.2) is 9.78 Å². The van der Waals surface area contributed by atoms with Crippen molar-refractivity contribution < 1.29 is 4.79 Å². The van der Waals surface area contributed by atoms with Gasteiger partial charge in [0, 0.05) is 26.0 Å². The predicted octanol–water partition coefficient (Wildman–Crippen LogP) is 3.05. The van der Waals surface area contributed by atoms with Crippen LogP contribution in [0.1, 0.15) is 35.8 Å². The van der Waals surface area contributed by atoms with Gasteiger partial charge in [0.25, 0.3) is 0 Å². The number of carbonyl (C=O) groups is 1. The van der Waals surface area contributed by atoms with Crippen molar-refractivity contribution in [3.05, 3.63) is 47.4 Å². The maximum atomic E-state index is 12.5. The summed E-state index contributed by atoms with van der Waals surface area (Å²) >= 11 is 0. The first kappa shape index (κ1) is 16.2. The van der Waals surface area contributed by atoms with E-state index in [9.17, 15) is 4.79 Å². The molecule has 1 aliphatic rings. The van der Waals surface area contributed by atoms with Crippen molar-refractivity contribution >= 4 is 17.5 Å². The lowest BCUT2D eigenvalue weighted by Gasteiger charge is -2.25. The number of aromatic nitrogens is 2. The highest BCUT2D eigenvalue weighted by Gasteiger charge is 2.23. The highest BCUT2D eigenvalue weighted by atomic mass is 16.2. The van der Waals surface area contributed by atoms with Crippen molar-refractivity contribution in [2.45, 2.75) is 32.2 Å². The van der Waals surface area contributed by atoms with Crippen molar-refractivity contribution in [1.29, 1.82) is 0 Å². The van der Waals surface area contributed by atoms with Crippen LogP contribution in [-0.4, -0.2) is 30.1 Å². The maximum absolute atomic E-state index is 12.5. The third kappa shape index (κ3) is 3.48. The fraction of sp³-hybridized carbons (Fsp3) is 0.389. The summed E-state index contributed by atoms with van der Waals surface area (Å²) in [6.45, 7) is 1.93. The topological polar surface area (TPSA) is 70.2 Å². The molecule has 6 nitrogen and oxygen atoms in total. The number of carbonyl (C=O) groups excluding carboxylic acids is 1. The Kier molecular flexibility index (Phi) is 4.64. The van der Waals surface area contributed by atoms with Crippen molar-refractivity contribution in [1.82, 2.24) is 15.3 Å². The second kappa shape index (κ2) is 6.86. The fourth-order valence-electron chi connectivity index (χ4n) is 3.05. The lowest BCUT2D eigenvalue weighted by molar-refractivity contribution is 0.246. The molecule has 2 heterocycles. The Labute approximate surface area is 142 Å². The van der Waals surface area contributed by atoms with E-state index in [0.29, 0.717) is 5.69 Å². The van der Waals surface area contributed by atoms with E-state index in [-0.39, 0.29) is 12.1 Å². The number of anilines is 2. The molecule has 0 bridgehead atoms. The van der Waals surface area contributed by atoms with Crippen LogP contribution in [-0.2, 0) is 6.42 Å². The van der Waals surface area contributed by atoms with E-state index in [2.05, 4.69) is 26.7 Å². The van der Waals surface area contributed by atoms with Gasteiger partial charge in [-0.2, -0.15) is 0 Å². The van der Waals surface area contributed by atoms with Gasteiger partial charge in [0.1, 0.15) is 0 Å². The van der Waals surface area contributed by atoms with Crippen molar-refractivity contribution in [2.24, 2.45) is 0 Å². The molecule has 24 heavy (non-hydrogen) atoms. The van der Waals surface area contributed by atoms with Crippen molar-refractivity contribution in [3.63, 3.8) is 0 Å². The standard InChI is InChI=1S/C18H23N5O/c1-12-9-10-15(17(20-12)23(2)3)22-18(24)21-14-8-4-6-13-7-5-11-19-16(13)14/h5,7,9-11,14H,4,6,8H2,1-3H3,(H2,21,22,24)/t14-/m0/s1. The molecule has 0 spiro atoms. The molecule has 6 heteroatoms. The van der Waals surface area contributed by atoms with Gasteiger partial charge < -0.3 is 15.5 Å². The molecule has 2 amide bonds. The van der Waals surface area contributed by atoms with Crippen LogP contribution in [0, 0.1) is 6.92 Å². The molecule has 0 aliphatic heterocycles. The minimum atomic E-state index is -0.229. The second-order valence-corrected chi connectivity index (χ2v) is 6.31. The number of hydrogen-bond donors (Lipinski definition) is 2. The Balaban J connectivity index is 1.74. The molecule has 0 fully saturated rings. The molecule has 2 aromatic heterocycles. The Morgan fingerprint density at radius 1 is 1.29 bits per heavy atom. The Bertz CT molecular complexity index is 744. The molecule has 1 atom stereocenters. The summed E-state index contributed by atoms with van der Waals surface area (Å²) in [7, 11) is 3.82. The molecule has 0 saturated heterocycles. The zero-order chi connectivity index (χ0) is 17.1. The summed E-state index contributed by atoms with van der Waals surface area (Å²) in [5.74, 6) is 0.743. The average molecular weight is 325 g/mol. The van der Waals surface area contributed by atoms with Gasteiger partial charge in [-0.05, 0) is 49.9 Å². The lowest BCUT2D eigenvalue weighted by Crippen LogP contribution is -2.35. The van der Waals surface area contributed by atoms with Gasteiger partial charge in [0.05, 0.1) is 17.4 Å². The number of aryl methyl sites for hydroxylation is 2. The number of hydrogen-bond acceptors (Lipinski definition) is 4. The first-order valence-corrected chi connectivity index (χ1v) is 8.21. The van der Waals surface area contributed by atoms with Crippen LogP contribution in [0.5, 0.6) is 0 Å². The zero-order valence-electron chi connectivity index (χ0n) is 14.3. The molecule has 126 valence electrons. The Morgan fingerprint density at radius 2 is 2.12 bits per heavy atom. The van der Waals surface area contributed by atoms with E-state index >= 15 is 0 Å². The maximum Gasteiger partial charge on any atom is 0.319 e.